The van der Waals surface area contributed by atoms with Crippen molar-refractivity contribution in [1.29, 1.82) is 0 Å². The van der Waals surface area contributed by atoms with Crippen molar-refractivity contribution in [3.8, 4) is 0 Å². The molecule has 2 unspecified atom stereocenters. The van der Waals surface area contributed by atoms with Gasteiger partial charge in [0.25, 0.3) is 0 Å². The molecular formula is C16H28N2. The van der Waals surface area contributed by atoms with Crippen LogP contribution in [0.1, 0.15) is 51.5 Å². The van der Waals surface area contributed by atoms with Gasteiger partial charge in [0, 0.05) is 25.3 Å². The summed E-state index contributed by atoms with van der Waals surface area (Å²) in [4.78, 5) is 2.31. The molecule has 0 saturated heterocycles. The first-order chi connectivity index (χ1) is 8.54. The van der Waals surface area contributed by atoms with Crippen molar-refractivity contribution < 1.29 is 0 Å². The van der Waals surface area contributed by atoms with Gasteiger partial charge in [-0.05, 0) is 49.8 Å². The Bertz CT molecular complexity index is 329. The fourth-order valence-electron chi connectivity index (χ4n) is 2.07. The fraction of sp³-hybridized carbons (Fsp3) is 0.625. The average Bonchev–Trinajstić information content (AvgIpc) is 2.37. The van der Waals surface area contributed by atoms with Crippen LogP contribution in [-0.4, -0.2) is 19.6 Å². The molecule has 18 heavy (non-hydrogen) atoms. The number of hydrogen-bond acceptors (Lipinski definition) is 2. The van der Waals surface area contributed by atoms with Crippen LogP contribution in [0.2, 0.25) is 0 Å². The van der Waals surface area contributed by atoms with Crippen molar-refractivity contribution in [3.05, 3.63) is 29.8 Å². The summed E-state index contributed by atoms with van der Waals surface area (Å²) in [6.45, 7) is 7.66. The summed E-state index contributed by atoms with van der Waals surface area (Å²) in [5, 5.41) is 0. The zero-order valence-corrected chi connectivity index (χ0v) is 12.3. The Kier molecular flexibility index (Phi) is 6.20. The Morgan fingerprint density at radius 1 is 1.17 bits per heavy atom. The van der Waals surface area contributed by atoms with E-state index in [9.17, 15) is 0 Å². The quantitative estimate of drug-likeness (QED) is 0.796. The summed E-state index contributed by atoms with van der Waals surface area (Å²) in [7, 11) is 2.15. The van der Waals surface area contributed by atoms with Crippen molar-refractivity contribution in [2.75, 3.05) is 18.5 Å². The van der Waals surface area contributed by atoms with Gasteiger partial charge in [0.2, 0.25) is 0 Å². The van der Waals surface area contributed by atoms with E-state index in [1.165, 1.54) is 17.7 Å². The molecule has 0 aromatic heterocycles. The first-order valence-corrected chi connectivity index (χ1v) is 7.11. The summed E-state index contributed by atoms with van der Waals surface area (Å²) >= 11 is 0. The van der Waals surface area contributed by atoms with E-state index in [2.05, 4.69) is 57.0 Å². The van der Waals surface area contributed by atoms with Crippen LogP contribution in [0.5, 0.6) is 0 Å². The highest BCUT2D eigenvalue weighted by Crippen LogP contribution is 2.22. The maximum Gasteiger partial charge on any atom is 0.0363 e. The summed E-state index contributed by atoms with van der Waals surface area (Å²) in [5.41, 5.74) is 8.50. The van der Waals surface area contributed by atoms with E-state index >= 15 is 0 Å². The van der Waals surface area contributed by atoms with Crippen LogP contribution in [0, 0.1) is 0 Å². The SMILES string of the molecule is CCC(C)c1ccc(N(C)CCCC(C)N)cc1. The molecule has 2 atom stereocenters. The van der Waals surface area contributed by atoms with Gasteiger partial charge in [0.15, 0.2) is 0 Å². The van der Waals surface area contributed by atoms with Gasteiger partial charge in [-0.3, -0.25) is 0 Å². The first-order valence-electron chi connectivity index (χ1n) is 7.11. The molecule has 1 aromatic rings. The van der Waals surface area contributed by atoms with Crippen molar-refractivity contribution in [1.82, 2.24) is 0 Å². The maximum absolute atomic E-state index is 5.77. The van der Waals surface area contributed by atoms with Crippen molar-refractivity contribution >= 4 is 5.69 Å². The third-order valence-electron chi connectivity index (χ3n) is 3.67. The molecule has 1 rings (SSSR count). The Morgan fingerprint density at radius 3 is 2.28 bits per heavy atom. The fourth-order valence-corrected chi connectivity index (χ4v) is 2.07. The molecule has 0 bridgehead atoms. The minimum absolute atomic E-state index is 0.311. The van der Waals surface area contributed by atoms with E-state index < -0.39 is 0 Å². The van der Waals surface area contributed by atoms with Crippen molar-refractivity contribution in [2.24, 2.45) is 5.73 Å². The van der Waals surface area contributed by atoms with Crippen LogP contribution in [0.25, 0.3) is 0 Å². The highest BCUT2D eigenvalue weighted by molar-refractivity contribution is 5.47. The summed E-state index contributed by atoms with van der Waals surface area (Å²) < 4.78 is 0. The predicted octanol–water partition coefficient (Wildman–Crippen LogP) is 3.76. The van der Waals surface area contributed by atoms with Gasteiger partial charge in [-0.2, -0.15) is 0 Å². The standard InChI is InChI=1S/C16H28N2/c1-5-13(2)15-8-10-16(11-9-15)18(4)12-6-7-14(3)17/h8-11,13-14H,5-7,12,17H2,1-4H3. The Labute approximate surface area is 112 Å². The van der Waals surface area contributed by atoms with Crippen LogP contribution in [0.3, 0.4) is 0 Å². The third kappa shape index (κ3) is 4.69. The molecule has 0 aliphatic heterocycles. The molecule has 0 amide bonds. The van der Waals surface area contributed by atoms with Crippen LogP contribution >= 0.6 is 0 Å². The number of benzene rings is 1. The van der Waals surface area contributed by atoms with Gasteiger partial charge in [0.1, 0.15) is 0 Å². The summed E-state index contributed by atoms with van der Waals surface area (Å²) in [6, 6.07) is 9.28. The highest BCUT2D eigenvalue weighted by Gasteiger charge is 2.05. The maximum atomic E-state index is 5.77. The third-order valence-corrected chi connectivity index (χ3v) is 3.67. The summed E-state index contributed by atoms with van der Waals surface area (Å²) in [6.07, 6.45) is 3.44. The van der Waals surface area contributed by atoms with Crippen LogP contribution < -0.4 is 10.6 Å². The molecule has 0 saturated carbocycles. The molecule has 0 spiro atoms. The normalized spacial score (nSPS) is 14.3. The first kappa shape index (κ1) is 15.0. The van der Waals surface area contributed by atoms with E-state index in [-0.39, 0.29) is 0 Å². The number of anilines is 1. The van der Waals surface area contributed by atoms with Crippen molar-refractivity contribution in [3.63, 3.8) is 0 Å². The molecule has 2 N–H and O–H groups in total. The minimum Gasteiger partial charge on any atom is -0.375 e. The number of nitrogens with two attached hydrogens (primary N) is 1. The van der Waals surface area contributed by atoms with Crippen LogP contribution in [-0.2, 0) is 0 Å². The van der Waals surface area contributed by atoms with Crippen LogP contribution in [0.4, 0.5) is 5.69 Å². The van der Waals surface area contributed by atoms with E-state index in [1.807, 2.05) is 0 Å². The lowest BCUT2D eigenvalue weighted by molar-refractivity contribution is 0.621. The second-order valence-corrected chi connectivity index (χ2v) is 5.44. The van der Waals surface area contributed by atoms with Gasteiger partial charge in [-0.15, -0.1) is 0 Å². The largest absolute Gasteiger partial charge is 0.375 e. The van der Waals surface area contributed by atoms with E-state index in [0.717, 1.165) is 19.4 Å². The molecule has 0 heterocycles. The molecule has 0 aliphatic rings. The Morgan fingerprint density at radius 2 is 1.78 bits per heavy atom. The van der Waals surface area contributed by atoms with Gasteiger partial charge < -0.3 is 10.6 Å². The lowest BCUT2D eigenvalue weighted by atomic mass is 9.98. The monoisotopic (exact) mass is 248 g/mol. The van der Waals surface area contributed by atoms with Gasteiger partial charge in [-0.25, -0.2) is 0 Å². The summed E-state index contributed by atoms with van der Waals surface area (Å²) in [5.74, 6) is 0.655. The Hall–Kier alpha value is -1.02. The number of hydrogen-bond donors (Lipinski definition) is 1. The smallest absolute Gasteiger partial charge is 0.0363 e. The highest BCUT2D eigenvalue weighted by atomic mass is 15.1. The van der Waals surface area contributed by atoms with E-state index in [1.54, 1.807) is 0 Å². The van der Waals surface area contributed by atoms with Gasteiger partial charge in [-0.1, -0.05) is 26.0 Å². The molecular weight excluding hydrogens is 220 g/mol. The van der Waals surface area contributed by atoms with E-state index in [4.69, 9.17) is 5.73 Å². The Balaban J connectivity index is 2.51. The van der Waals surface area contributed by atoms with Crippen LogP contribution in [0.15, 0.2) is 24.3 Å². The van der Waals surface area contributed by atoms with E-state index in [0.29, 0.717) is 12.0 Å². The lowest BCUT2D eigenvalue weighted by Crippen LogP contribution is -2.22. The topological polar surface area (TPSA) is 29.3 Å². The predicted molar refractivity (Wildman–Crippen MR) is 81.3 cm³/mol. The van der Waals surface area contributed by atoms with Gasteiger partial charge in [0.05, 0.1) is 0 Å². The molecule has 0 fully saturated rings. The van der Waals surface area contributed by atoms with Crippen molar-refractivity contribution in [2.45, 2.75) is 52.0 Å². The molecule has 1 aromatic carbocycles. The lowest BCUT2D eigenvalue weighted by Gasteiger charge is -2.20. The molecule has 2 nitrogen and oxygen atoms in total. The number of rotatable bonds is 7. The zero-order valence-electron chi connectivity index (χ0n) is 12.3. The second-order valence-electron chi connectivity index (χ2n) is 5.44. The van der Waals surface area contributed by atoms with Gasteiger partial charge >= 0.3 is 0 Å². The second kappa shape index (κ2) is 7.42. The molecule has 0 aliphatic carbocycles. The molecule has 102 valence electrons. The molecule has 0 radical (unpaired) electrons. The molecule has 2 heteroatoms. The number of nitrogens with zero attached hydrogens (tertiary/aromatic N) is 1. The average molecular weight is 248 g/mol. The minimum atomic E-state index is 0.311. The zero-order chi connectivity index (χ0) is 13.5.